The van der Waals surface area contributed by atoms with Gasteiger partial charge in [0.15, 0.2) is 0 Å². The van der Waals surface area contributed by atoms with E-state index in [2.05, 4.69) is 12.2 Å². The number of hydrogen-bond donors (Lipinski definition) is 0. The smallest absolute Gasteiger partial charge is 0.261 e. The summed E-state index contributed by atoms with van der Waals surface area (Å²) < 4.78 is 0. The van der Waals surface area contributed by atoms with E-state index >= 15 is 0 Å². The molecule has 0 unspecified atom stereocenters. The summed E-state index contributed by atoms with van der Waals surface area (Å²) in [6.07, 6.45) is 5.65. The van der Waals surface area contributed by atoms with Crippen LogP contribution in [0.2, 0.25) is 0 Å². The average molecular weight is 510 g/mol. The number of amides is 5. The van der Waals surface area contributed by atoms with E-state index in [9.17, 15) is 24.0 Å². The zero-order chi connectivity index (χ0) is 26.1. The van der Waals surface area contributed by atoms with E-state index in [0.717, 1.165) is 17.5 Å². The molecule has 2 aromatic rings. The highest BCUT2D eigenvalue weighted by Gasteiger charge is 2.59. The van der Waals surface area contributed by atoms with Crippen molar-refractivity contribution in [3.63, 3.8) is 0 Å². The second kappa shape index (κ2) is 8.48. The Hall–Kier alpha value is -4.07. The molecule has 8 nitrogen and oxygen atoms in total. The van der Waals surface area contributed by atoms with Crippen molar-refractivity contribution in [1.82, 2.24) is 14.7 Å². The first-order chi connectivity index (χ1) is 18.4. The summed E-state index contributed by atoms with van der Waals surface area (Å²) in [4.78, 5) is 70.2. The van der Waals surface area contributed by atoms with Gasteiger partial charge in [-0.15, -0.1) is 0 Å². The highest BCUT2D eigenvalue weighted by Crippen LogP contribution is 2.52. The highest BCUT2D eigenvalue weighted by atomic mass is 16.2. The van der Waals surface area contributed by atoms with Gasteiger partial charge in [0.05, 0.1) is 35.5 Å². The first kappa shape index (κ1) is 23.1. The van der Waals surface area contributed by atoms with Crippen LogP contribution in [0.3, 0.4) is 0 Å². The van der Waals surface area contributed by atoms with Crippen LogP contribution in [0.5, 0.6) is 0 Å². The van der Waals surface area contributed by atoms with Crippen LogP contribution in [0.15, 0.2) is 60.7 Å². The van der Waals surface area contributed by atoms with Gasteiger partial charge in [0, 0.05) is 19.5 Å². The third-order valence-electron chi connectivity index (χ3n) is 9.08. The predicted molar refractivity (Wildman–Crippen MR) is 135 cm³/mol. The molecule has 1 saturated heterocycles. The topological polar surface area (TPSA) is 95.1 Å². The van der Waals surface area contributed by atoms with Crippen molar-refractivity contribution in [3.8, 4) is 0 Å². The zero-order valence-corrected chi connectivity index (χ0v) is 20.8. The quantitative estimate of drug-likeness (QED) is 0.456. The molecule has 5 amide bonds. The lowest BCUT2D eigenvalue weighted by atomic mass is 9.85. The van der Waals surface area contributed by atoms with Gasteiger partial charge in [-0.1, -0.05) is 48.6 Å². The van der Waals surface area contributed by atoms with Gasteiger partial charge in [-0.25, -0.2) is 0 Å². The second-order valence-electron chi connectivity index (χ2n) is 10.9. The van der Waals surface area contributed by atoms with Crippen LogP contribution in [0.4, 0.5) is 0 Å². The van der Waals surface area contributed by atoms with Crippen molar-refractivity contribution < 1.29 is 24.0 Å². The molecular formula is C30H27N3O5. The van der Waals surface area contributed by atoms with Crippen LogP contribution in [-0.2, 0) is 20.8 Å². The molecule has 0 spiro atoms. The largest absolute Gasteiger partial charge is 0.333 e. The first-order valence-electron chi connectivity index (χ1n) is 13.3. The minimum atomic E-state index is -0.501. The molecule has 192 valence electrons. The van der Waals surface area contributed by atoms with Crippen LogP contribution in [0.25, 0.3) is 0 Å². The summed E-state index contributed by atoms with van der Waals surface area (Å²) in [6, 6.07) is 14.0. The number of carbonyl (C=O) groups is 5. The lowest BCUT2D eigenvalue weighted by Gasteiger charge is -2.39. The number of fused-ring (bicyclic) bond motifs is 7. The monoisotopic (exact) mass is 509 g/mol. The Labute approximate surface area is 219 Å². The van der Waals surface area contributed by atoms with E-state index in [-0.39, 0.29) is 72.7 Å². The molecule has 0 aromatic heterocycles. The molecule has 7 rings (SSSR count). The summed E-state index contributed by atoms with van der Waals surface area (Å²) >= 11 is 0. The number of rotatable bonds is 5. The van der Waals surface area contributed by atoms with Gasteiger partial charge in [0.2, 0.25) is 17.7 Å². The second-order valence-corrected chi connectivity index (χ2v) is 10.9. The van der Waals surface area contributed by atoms with Crippen molar-refractivity contribution in [1.29, 1.82) is 0 Å². The Balaban J connectivity index is 1.11. The van der Waals surface area contributed by atoms with E-state index in [1.807, 2.05) is 24.3 Å². The molecule has 3 aliphatic heterocycles. The molecule has 1 saturated carbocycles. The molecule has 38 heavy (non-hydrogen) atoms. The number of nitrogens with zero attached hydrogens (tertiary/aromatic N) is 3. The van der Waals surface area contributed by atoms with E-state index in [1.165, 1.54) is 9.80 Å². The number of hydrogen-bond acceptors (Lipinski definition) is 5. The summed E-state index contributed by atoms with van der Waals surface area (Å²) in [5.41, 5.74) is 2.74. The molecular weight excluding hydrogens is 482 g/mol. The van der Waals surface area contributed by atoms with E-state index < -0.39 is 6.04 Å². The van der Waals surface area contributed by atoms with Crippen LogP contribution in [0.1, 0.15) is 50.7 Å². The predicted octanol–water partition coefficient (Wildman–Crippen LogP) is 2.61. The molecule has 0 radical (unpaired) electrons. The number of imide groups is 2. The van der Waals surface area contributed by atoms with Gasteiger partial charge in [0.25, 0.3) is 11.8 Å². The van der Waals surface area contributed by atoms with Crippen LogP contribution in [0, 0.1) is 23.7 Å². The molecule has 2 aromatic carbocycles. The minimum absolute atomic E-state index is 0.0144. The number of benzene rings is 2. The van der Waals surface area contributed by atoms with E-state index in [1.54, 1.807) is 29.2 Å². The van der Waals surface area contributed by atoms with Crippen molar-refractivity contribution in [2.24, 2.45) is 23.7 Å². The Morgan fingerprint density at radius 3 is 2.05 bits per heavy atom. The van der Waals surface area contributed by atoms with Gasteiger partial charge in [-0.3, -0.25) is 33.8 Å². The Morgan fingerprint density at radius 2 is 1.39 bits per heavy atom. The average Bonchev–Trinajstić information content (AvgIpc) is 3.67. The Kier molecular flexibility index (Phi) is 5.15. The summed E-state index contributed by atoms with van der Waals surface area (Å²) in [6.45, 7) is 0.543. The molecule has 3 heterocycles. The maximum absolute atomic E-state index is 13.6. The zero-order valence-electron chi connectivity index (χ0n) is 20.8. The normalized spacial score (nSPS) is 28.8. The van der Waals surface area contributed by atoms with E-state index in [0.29, 0.717) is 24.1 Å². The fourth-order valence-corrected chi connectivity index (χ4v) is 7.26. The Bertz CT molecular complexity index is 1380. The fraction of sp³-hybridized carbons (Fsp3) is 0.367. The van der Waals surface area contributed by atoms with Crippen molar-refractivity contribution in [2.75, 3.05) is 19.6 Å². The SMILES string of the molecule is O=C1c2ccccc2C(=O)N1C[C@@H]1c2ccccc2CCN1C(=O)CCN1C(=O)[C@@H]2[C@H](C1=O)[C@H]1C=C[C@H]2C1. The third kappa shape index (κ3) is 3.25. The van der Waals surface area contributed by atoms with Gasteiger partial charge >= 0.3 is 0 Å². The van der Waals surface area contributed by atoms with Crippen LogP contribution < -0.4 is 0 Å². The maximum atomic E-state index is 13.6. The molecule has 5 aliphatic rings. The van der Waals surface area contributed by atoms with Crippen molar-refractivity contribution >= 4 is 29.5 Å². The first-order valence-corrected chi connectivity index (χ1v) is 13.3. The fourth-order valence-electron chi connectivity index (χ4n) is 7.26. The van der Waals surface area contributed by atoms with E-state index in [4.69, 9.17) is 0 Å². The highest BCUT2D eigenvalue weighted by molar-refractivity contribution is 6.21. The van der Waals surface area contributed by atoms with Crippen molar-refractivity contribution in [3.05, 3.63) is 82.9 Å². The van der Waals surface area contributed by atoms with Gasteiger partial charge in [-0.05, 0) is 47.9 Å². The molecule has 8 heteroatoms. The third-order valence-corrected chi connectivity index (χ3v) is 9.08. The summed E-state index contributed by atoms with van der Waals surface area (Å²) in [5, 5.41) is 0. The van der Waals surface area contributed by atoms with Crippen molar-refractivity contribution in [2.45, 2.75) is 25.3 Å². The molecule has 5 atom stereocenters. The molecule has 0 N–H and O–H groups in total. The maximum Gasteiger partial charge on any atom is 0.261 e. The summed E-state index contributed by atoms with van der Waals surface area (Å²) in [5.74, 6) is -1.53. The number of carbonyl (C=O) groups excluding carboxylic acids is 5. The van der Waals surface area contributed by atoms with Gasteiger partial charge < -0.3 is 4.90 Å². The van der Waals surface area contributed by atoms with Gasteiger partial charge in [-0.2, -0.15) is 0 Å². The standard InChI is InChI=1S/C30H27N3O5/c34-24(12-14-32-29(37)25-18-9-10-19(15-18)26(25)30(32)38)31-13-11-17-5-1-2-6-20(17)23(31)16-33-27(35)21-7-3-4-8-22(21)28(33)36/h1-10,18-19,23,25-26H,11-16H2/t18-,19-,23+,25-,26+/m0/s1. The van der Waals surface area contributed by atoms with Crippen LogP contribution >= 0.6 is 0 Å². The van der Waals surface area contributed by atoms with Crippen LogP contribution in [-0.4, -0.2) is 63.9 Å². The molecule has 2 aliphatic carbocycles. The van der Waals surface area contributed by atoms with Gasteiger partial charge in [0.1, 0.15) is 0 Å². The lowest BCUT2D eigenvalue weighted by Crippen LogP contribution is -2.47. The minimum Gasteiger partial charge on any atom is -0.333 e. The Morgan fingerprint density at radius 1 is 0.789 bits per heavy atom. The molecule has 2 bridgehead atoms. The summed E-state index contributed by atoms with van der Waals surface area (Å²) in [7, 11) is 0. The number of allylic oxidation sites excluding steroid dienone is 2. The lowest BCUT2D eigenvalue weighted by molar-refractivity contribution is -0.142. The molecule has 2 fully saturated rings. The number of likely N-dealkylation sites (tertiary alicyclic amines) is 1.